The quantitative estimate of drug-likeness (QED) is 0.122. The Bertz CT molecular complexity index is 943. The molecule has 0 amide bonds. The molecule has 2 heterocycles. The van der Waals surface area contributed by atoms with Crippen LogP contribution < -0.4 is 4.74 Å². The number of ether oxygens (including phenoxy) is 3. The zero-order valence-corrected chi connectivity index (χ0v) is 26.7. The second-order valence-electron chi connectivity index (χ2n) is 12.3. The van der Waals surface area contributed by atoms with Crippen LogP contribution in [-0.2, 0) is 9.47 Å². The molecule has 0 N–H and O–H groups in total. The summed E-state index contributed by atoms with van der Waals surface area (Å²) in [4.78, 5) is 4.57. The van der Waals surface area contributed by atoms with E-state index in [0.29, 0.717) is 18.3 Å². The molecule has 0 aliphatic carbocycles. The van der Waals surface area contributed by atoms with Gasteiger partial charge in [-0.1, -0.05) is 129 Å². The van der Waals surface area contributed by atoms with Crippen LogP contribution in [0.2, 0.25) is 0 Å². The van der Waals surface area contributed by atoms with Gasteiger partial charge in [-0.05, 0) is 37.1 Å². The van der Waals surface area contributed by atoms with Crippen LogP contribution in [0.3, 0.4) is 0 Å². The molecule has 0 bridgehead atoms. The molecule has 5 heteroatoms. The van der Waals surface area contributed by atoms with Crippen molar-refractivity contribution < 1.29 is 18.6 Å². The van der Waals surface area contributed by atoms with E-state index in [1.807, 2.05) is 18.2 Å². The van der Waals surface area contributed by atoms with E-state index >= 15 is 0 Å². The molecule has 1 saturated heterocycles. The molecular formula is C37H58FNO3. The van der Waals surface area contributed by atoms with Crippen LogP contribution in [0.5, 0.6) is 5.75 Å². The van der Waals surface area contributed by atoms with E-state index in [2.05, 4.69) is 18.8 Å². The largest absolute Gasteiger partial charge is 0.491 e. The molecule has 0 saturated carbocycles. The summed E-state index contributed by atoms with van der Waals surface area (Å²) in [6, 6.07) is 8.98. The van der Waals surface area contributed by atoms with Gasteiger partial charge < -0.3 is 14.2 Å². The highest BCUT2D eigenvalue weighted by Crippen LogP contribution is 2.29. The fourth-order valence-corrected chi connectivity index (χ4v) is 5.73. The molecule has 1 aliphatic heterocycles. The Balaban J connectivity index is 1.29. The number of hydrogen-bond donors (Lipinski definition) is 0. The van der Waals surface area contributed by atoms with Gasteiger partial charge in [0.2, 0.25) is 0 Å². The van der Waals surface area contributed by atoms with Crippen LogP contribution in [0, 0.1) is 11.7 Å². The predicted molar refractivity (Wildman–Crippen MR) is 172 cm³/mol. The average Bonchev–Trinajstić information content (AvgIpc) is 3.02. The van der Waals surface area contributed by atoms with Gasteiger partial charge in [0.15, 0.2) is 17.9 Å². The lowest BCUT2D eigenvalue weighted by Crippen LogP contribution is -2.27. The second kappa shape index (κ2) is 21.7. The highest BCUT2D eigenvalue weighted by atomic mass is 19.1. The Morgan fingerprint density at radius 3 is 1.83 bits per heavy atom. The van der Waals surface area contributed by atoms with Gasteiger partial charge in [-0.3, -0.25) is 4.98 Å². The van der Waals surface area contributed by atoms with Crippen molar-refractivity contribution in [3.05, 3.63) is 47.9 Å². The molecule has 1 aromatic heterocycles. The van der Waals surface area contributed by atoms with E-state index in [0.717, 1.165) is 42.9 Å². The fourth-order valence-electron chi connectivity index (χ4n) is 5.73. The van der Waals surface area contributed by atoms with Crippen molar-refractivity contribution in [2.45, 2.75) is 142 Å². The van der Waals surface area contributed by atoms with Crippen LogP contribution in [0.4, 0.5) is 4.39 Å². The predicted octanol–water partition coefficient (Wildman–Crippen LogP) is 11.4. The molecule has 0 atom stereocenters. The highest BCUT2D eigenvalue weighted by Gasteiger charge is 2.23. The molecule has 236 valence electrons. The first-order valence-corrected chi connectivity index (χ1v) is 17.3. The molecular weight excluding hydrogens is 525 g/mol. The minimum absolute atomic E-state index is 0.315. The van der Waals surface area contributed by atoms with E-state index in [1.54, 1.807) is 12.3 Å². The number of benzene rings is 1. The smallest absolute Gasteiger partial charge is 0.185 e. The SMILES string of the molecule is CCCCCCCCCCCCC1COC(c2ccc(-c3ccc(OCCCCCCCCCC)c(F)c3)nc2)OC1. The monoisotopic (exact) mass is 583 g/mol. The molecule has 0 spiro atoms. The van der Waals surface area contributed by atoms with E-state index in [9.17, 15) is 4.39 Å². The maximum atomic E-state index is 14.7. The molecule has 0 radical (unpaired) electrons. The van der Waals surface area contributed by atoms with Crippen LogP contribution >= 0.6 is 0 Å². The normalized spacial score (nSPS) is 17.0. The summed E-state index contributed by atoms with van der Waals surface area (Å²) in [6.45, 7) is 6.53. The number of aromatic nitrogens is 1. The van der Waals surface area contributed by atoms with Gasteiger partial charge in [0, 0.05) is 23.2 Å². The lowest BCUT2D eigenvalue weighted by Gasteiger charge is -2.29. The van der Waals surface area contributed by atoms with Crippen molar-refractivity contribution in [3.63, 3.8) is 0 Å². The lowest BCUT2D eigenvalue weighted by molar-refractivity contribution is -0.206. The third kappa shape index (κ3) is 13.5. The van der Waals surface area contributed by atoms with Gasteiger partial charge in [0.1, 0.15) is 0 Å². The summed E-state index contributed by atoms with van der Waals surface area (Å²) >= 11 is 0. The minimum Gasteiger partial charge on any atom is -0.491 e. The summed E-state index contributed by atoms with van der Waals surface area (Å²) in [5, 5.41) is 0. The number of rotatable bonds is 23. The summed E-state index contributed by atoms with van der Waals surface area (Å²) in [5.41, 5.74) is 2.37. The Morgan fingerprint density at radius 1 is 0.714 bits per heavy atom. The van der Waals surface area contributed by atoms with Gasteiger partial charge in [0.25, 0.3) is 0 Å². The van der Waals surface area contributed by atoms with Crippen molar-refractivity contribution in [3.8, 4) is 17.0 Å². The first kappa shape index (κ1) is 34.5. The first-order chi connectivity index (χ1) is 20.7. The molecule has 0 unspecified atom stereocenters. The Kier molecular flexibility index (Phi) is 17.8. The van der Waals surface area contributed by atoms with E-state index in [4.69, 9.17) is 14.2 Å². The number of nitrogens with zero attached hydrogens (tertiary/aromatic N) is 1. The minimum atomic E-state index is -0.376. The summed E-state index contributed by atoms with van der Waals surface area (Å²) < 4.78 is 32.5. The van der Waals surface area contributed by atoms with Crippen molar-refractivity contribution in [1.82, 2.24) is 4.98 Å². The maximum absolute atomic E-state index is 14.7. The van der Waals surface area contributed by atoms with Crippen LogP contribution in [-0.4, -0.2) is 24.8 Å². The average molecular weight is 584 g/mol. The molecule has 4 nitrogen and oxygen atoms in total. The molecule has 3 rings (SSSR count). The Labute approximate surface area is 256 Å². The lowest BCUT2D eigenvalue weighted by atomic mass is 10.0. The van der Waals surface area contributed by atoms with Crippen molar-refractivity contribution in [1.29, 1.82) is 0 Å². The van der Waals surface area contributed by atoms with Crippen molar-refractivity contribution >= 4 is 0 Å². The standard InChI is InChI=1S/C37H58FNO3/c1-3-5-7-9-11-13-14-15-17-19-21-31-29-41-37(42-30-31)33-22-24-35(39-28-33)32-23-25-36(34(38)27-32)40-26-20-18-16-12-10-8-6-4-2/h22-25,27-28,31,37H,3-21,26,29-30H2,1-2H3. The summed E-state index contributed by atoms with van der Waals surface area (Å²) in [6.07, 6.45) is 26.1. The molecule has 2 aromatic rings. The third-order valence-electron chi connectivity index (χ3n) is 8.47. The summed E-state index contributed by atoms with van der Waals surface area (Å²) in [7, 11) is 0. The van der Waals surface area contributed by atoms with E-state index in [1.165, 1.54) is 115 Å². The van der Waals surface area contributed by atoms with Crippen LogP contribution in [0.25, 0.3) is 11.3 Å². The zero-order valence-electron chi connectivity index (χ0n) is 26.7. The first-order valence-electron chi connectivity index (χ1n) is 17.3. The zero-order chi connectivity index (χ0) is 29.7. The van der Waals surface area contributed by atoms with Crippen molar-refractivity contribution in [2.75, 3.05) is 19.8 Å². The molecule has 1 fully saturated rings. The number of hydrogen-bond acceptors (Lipinski definition) is 4. The second-order valence-corrected chi connectivity index (χ2v) is 12.3. The number of halogens is 1. The Hall–Kier alpha value is -1.98. The van der Waals surface area contributed by atoms with Crippen LogP contribution in [0.1, 0.15) is 148 Å². The van der Waals surface area contributed by atoms with Gasteiger partial charge in [-0.15, -0.1) is 0 Å². The van der Waals surface area contributed by atoms with Gasteiger partial charge >= 0.3 is 0 Å². The van der Waals surface area contributed by atoms with Gasteiger partial charge in [-0.25, -0.2) is 4.39 Å². The van der Waals surface area contributed by atoms with Crippen LogP contribution in [0.15, 0.2) is 36.5 Å². The maximum Gasteiger partial charge on any atom is 0.185 e. The fraction of sp³-hybridized carbons (Fsp3) is 0.703. The Morgan fingerprint density at radius 2 is 1.29 bits per heavy atom. The topological polar surface area (TPSA) is 40.6 Å². The van der Waals surface area contributed by atoms with Gasteiger partial charge in [-0.2, -0.15) is 0 Å². The molecule has 1 aliphatic rings. The molecule has 1 aromatic carbocycles. The van der Waals surface area contributed by atoms with E-state index < -0.39 is 0 Å². The number of unbranched alkanes of at least 4 members (excludes halogenated alkanes) is 16. The third-order valence-corrected chi connectivity index (χ3v) is 8.47. The highest BCUT2D eigenvalue weighted by molar-refractivity contribution is 5.60. The van der Waals surface area contributed by atoms with Gasteiger partial charge in [0.05, 0.1) is 25.5 Å². The molecule has 42 heavy (non-hydrogen) atoms. The van der Waals surface area contributed by atoms with E-state index in [-0.39, 0.29) is 12.1 Å². The number of pyridine rings is 1. The van der Waals surface area contributed by atoms with Crippen molar-refractivity contribution in [2.24, 2.45) is 5.92 Å². The summed E-state index contributed by atoms with van der Waals surface area (Å²) in [5.74, 6) is 0.446.